The molecule has 0 atom stereocenters. The number of nitrogens with zero attached hydrogens (tertiary/aromatic N) is 3. The van der Waals surface area contributed by atoms with E-state index >= 15 is 0 Å². The standard InChI is InChI=1S/C31H32FN3O2/c1-33-30(22-5-3-2-4-6-22)13-11-21(12-14-30)28-25-19-24(32)9-10-27(25)34-20-26(28)29(36)35-17-15-31(37,16-18-35)23-7-8-23/h2-6,9-10,19-21,23,37H,7-8,11-18H2. The maximum Gasteiger partial charge on any atom is 0.257 e. The molecule has 2 heterocycles. The van der Waals surface area contributed by atoms with E-state index < -0.39 is 11.1 Å². The maximum absolute atomic E-state index is 14.4. The summed E-state index contributed by atoms with van der Waals surface area (Å²) in [6.45, 7) is 9.05. The van der Waals surface area contributed by atoms with Crippen LogP contribution in [-0.2, 0) is 5.54 Å². The number of amides is 1. The highest BCUT2D eigenvalue weighted by molar-refractivity contribution is 6.00. The Morgan fingerprint density at radius 2 is 1.73 bits per heavy atom. The Morgan fingerprint density at radius 1 is 1.03 bits per heavy atom. The van der Waals surface area contributed by atoms with Crippen LogP contribution in [-0.4, -0.2) is 39.6 Å². The molecule has 1 aliphatic heterocycles. The zero-order chi connectivity index (χ0) is 25.6. The smallest absolute Gasteiger partial charge is 0.257 e. The minimum atomic E-state index is -0.645. The highest BCUT2D eigenvalue weighted by Gasteiger charge is 2.47. The minimum Gasteiger partial charge on any atom is -0.389 e. The predicted octanol–water partition coefficient (Wildman–Crippen LogP) is 6.22. The Morgan fingerprint density at radius 3 is 2.38 bits per heavy atom. The number of carbonyl (C=O) groups is 1. The number of halogens is 1. The number of benzene rings is 2. The number of fused-ring (bicyclic) bond motifs is 1. The van der Waals surface area contributed by atoms with Crippen molar-refractivity contribution in [1.82, 2.24) is 9.88 Å². The summed E-state index contributed by atoms with van der Waals surface area (Å²) >= 11 is 0. The van der Waals surface area contributed by atoms with Crippen LogP contribution in [0.1, 0.15) is 78.8 Å². The van der Waals surface area contributed by atoms with Crippen LogP contribution in [0.4, 0.5) is 4.39 Å². The molecule has 3 aliphatic rings. The van der Waals surface area contributed by atoms with Gasteiger partial charge in [-0.2, -0.15) is 0 Å². The summed E-state index contributed by atoms with van der Waals surface area (Å²) in [5.74, 6) is -0.0157. The second kappa shape index (κ2) is 9.22. The van der Waals surface area contributed by atoms with Gasteiger partial charge in [-0.25, -0.2) is 11.0 Å². The average Bonchev–Trinajstić information content (AvgIpc) is 3.80. The van der Waals surface area contributed by atoms with Gasteiger partial charge < -0.3 is 14.9 Å². The largest absolute Gasteiger partial charge is 0.389 e. The summed E-state index contributed by atoms with van der Waals surface area (Å²) in [6, 6.07) is 14.6. The van der Waals surface area contributed by atoms with Gasteiger partial charge >= 0.3 is 0 Å². The van der Waals surface area contributed by atoms with Gasteiger partial charge in [-0.15, -0.1) is 0 Å². The van der Waals surface area contributed by atoms with Crippen molar-refractivity contribution in [3.05, 3.63) is 88.7 Å². The van der Waals surface area contributed by atoms with E-state index in [1.54, 1.807) is 12.3 Å². The van der Waals surface area contributed by atoms with Gasteiger partial charge in [0, 0.05) is 43.1 Å². The Balaban J connectivity index is 1.32. The summed E-state index contributed by atoms with van der Waals surface area (Å²) in [7, 11) is 0. The van der Waals surface area contributed by atoms with Crippen molar-refractivity contribution in [2.75, 3.05) is 13.1 Å². The maximum atomic E-state index is 14.4. The van der Waals surface area contributed by atoms with Gasteiger partial charge in [-0.05, 0) is 74.1 Å². The molecular weight excluding hydrogens is 465 g/mol. The topological polar surface area (TPSA) is 57.8 Å². The van der Waals surface area contributed by atoms with Gasteiger partial charge in [0.25, 0.3) is 11.4 Å². The zero-order valence-corrected chi connectivity index (χ0v) is 21.0. The van der Waals surface area contributed by atoms with E-state index in [-0.39, 0.29) is 17.6 Å². The highest BCUT2D eigenvalue weighted by Crippen LogP contribution is 2.48. The molecule has 190 valence electrons. The second-order valence-corrected chi connectivity index (χ2v) is 11.2. The van der Waals surface area contributed by atoms with Crippen molar-refractivity contribution in [1.29, 1.82) is 0 Å². The third-order valence-corrected chi connectivity index (χ3v) is 9.10. The van der Waals surface area contributed by atoms with Crippen molar-refractivity contribution < 1.29 is 14.3 Å². The van der Waals surface area contributed by atoms with Crippen molar-refractivity contribution in [3.8, 4) is 0 Å². The van der Waals surface area contributed by atoms with Crippen LogP contribution in [0.15, 0.2) is 54.7 Å². The summed E-state index contributed by atoms with van der Waals surface area (Å²) in [5, 5.41) is 11.7. The van der Waals surface area contributed by atoms with Crippen LogP contribution in [0.5, 0.6) is 0 Å². The molecule has 2 aromatic carbocycles. The van der Waals surface area contributed by atoms with Crippen LogP contribution < -0.4 is 0 Å². The molecule has 1 saturated heterocycles. The number of carbonyl (C=O) groups excluding carboxylic acids is 1. The fraction of sp³-hybridized carbons (Fsp3) is 0.452. The monoisotopic (exact) mass is 497 g/mol. The fourth-order valence-corrected chi connectivity index (χ4v) is 6.69. The minimum absolute atomic E-state index is 0.0398. The first kappa shape index (κ1) is 24.1. The van der Waals surface area contributed by atoms with E-state index in [9.17, 15) is 14.3 Å². The lowest BCUT2D eigenvalue weighted by molar-refractivity contribution is -0.0339. The first-order chi connectivity index (χ1) is 17.9. The zero-order valence-electron chi connectivity index (χ0n) is 21.0. The van der Waals surface area contributed by atoms with Crippen molar-refractivity contribution in [3.63, 3.8) is 0 Å². The molecule has 6 rings (SSSR count). The van der Waals surface area contributed by atoms with Crippen LogP contribution in [0.3, 0.4) is 0 Å². The molecule has 0 unspecified atom stereocenters. The number of piperidine rings is 1. The quantitative estimate of drug-likeness (QED) is 0.435. The molecule has 0 radical (unpaired) electrons. The molecular formula is C31H32FN3O2. The SMILES string of the molecule is [C-]#[N+]C1(c2ccccc2)CCC(c2c(C(=O)N3CCC(O)(C4CC4)CC3)cnc3ccc(F)cc23)CC1. The highest BCUT2D eigenvalue weighted by atomic mass is 19.1. The summed E-state index contributed by atoms with van der Waals surface area (Å²) in [5.41, 5.74) is 1.92. The van der Waals surface area contributed by atoms with Crippen LogP contribution in [0, 0.1) is 18.3 Å². The first-order valence-corrected chi connectivity index (χ1v) is 13.5. The average molecular weight is 498 g/mol. The Bertz CT molecular complexity index is 1360. The molecule has 3 aromatic rings. The van der Waals surface area contributed by atoms with Gasteiger partial charge in [0.05, 0.1) is 16.7 Å². The first-order valence-electron chi connectivity index (χ1n) is 13.5. The molecule has 5 nitrogen and oxygen atoms in total. The van der Waals surface area contributed by atoms with Gasteiger partial charge in [0.2, 0.25) is 0 Å². The fourth-order valence-electron chi connectivity index (χ4n) is 6.69. The van der Waals surface area contributed by atoms with Gasteiger partial charge in [-0.3, -0.25) is 9.78 Å². The summed E-state index contributed by atoms with van der Waals surface area (Å²) in [6.07, 6.45) is 7.88. The third-order valence-electron chi connectivity index (χ3n) is 9.10. The number of pyridine rings is 1. The number of rotatable bonds is 4. The van der Waals surface area contributed by atoms with Gasteiger partial charge in [0.15, 0.2) is 0 Å². The summed E-state index contributed by atoms with van der Waals surface area (Å²) in [4.78, 5) is 24.3. The molecule has 0 spiro atoms. The molecule has 2 saturated carbocycles. The lowest BCUT2D eigenvalue weighted by Gasteiger charge is -2.39. The van der Waals surface area contributed by atoms with E-state index in [2.05, 4.69) is 9.83 Å². The molecule has 37 heavy (non-hydrogen) atoms. The number of likely N-dealkylation sites (tertiary alicyclic amines) is 1. The predicted molar refractivity (Wildman–Crippen MR) is 140 cm³/mol. The van der Waals surface area contributed by atoms with Gasteiger partial charge in [-0.1, -0.05) is 30.3 Å². The van der Waals surface area contributed by atoms with E-state index in [4.69, 9.17) is 6.57 Å². The molecule has 3 fully saturated rings. The van der Waals surface area contributed by atoms with Crippen molar-refractivity contribution >= 4 is 16.8 Å². The van der Waals surface area contributed by atoms with E-state index in [0.717, 1.165) is 36.8 Å². The van der Waals surface area contributed by atoms with E-state index in [1.807, 2.05) is 35.2 Å². The lowest BCUT2D eigenvalue weighted by atomic mass is 9.70. The van der Waals surface area contributed by atoms with E-state index in [1.165, 1.54) is 12.1 Å². The molecule has 1 N–H and O–H groups in total. The normalized spacial score (nSPS) is 25.5. The van der Waals surface area contributed by atoms with Crippen LogP contribution in [0.25, 0.3) is 15.7 Å². The third kappa shape index (κ3) is 4.30. The second-order valence-electron chi connectivity index (χ2n) is 11.2. The Hall–Kier alpha value is -3.30. The number of hydrogen-bond donors (Lipinski definition) is 1. The molecule has 0 bridgehead atoms. The van der Waals surface area contributed by atoms with Crippen LogP contribution >= 0.6 is 0 Å². The Labute approximate surface area is 217 Å². The molecule has 1 aromatic heterocycles. The van der Waals surface area contributed by atoms with Gasteiger partial charge in [0.1, 0.15) is 5.82 Å². The number of aliphatic hydroxyl groups is 1. The molecule has 6 heteroatoms. The lowest BCUT2D eigenvalue weighted by Crippen LogP contribution is -2.48. The molecule has 1 amide bonds. The van der Waals surface area contributed by atoms with Crippen molar-refractivity contribution in [2.45, 2.75) is 68.4 Å². The summed E-state index contributed by atoms with van der Waals surface area (Å²) < 4.78 is 14.4. The Kier molecular flexibility index (Phi) is 6.00. The van der Waals surface area contributed by atoms with Crippen LogP contribution in [0.2, 0.25) is 0 Å². The number of aromatic nitrogens is 1. The van der Waals surface area contributed by atoms with E-state index in [0.29, 0.717) is 61.2 Å². The van der Waals surface area contributed by atoms with Crippen molar-refractivity contribution in [2.24, 2.45) is 5.92 Å². The number of hydrogen-bond acceptors (Lipinski definition) is 3. The molecule has 2 aliphatic carbocycles.